The van der Waals surface area contributed by atoms with Crippen LogP contribution < -0.4 is 14.8 Å². The van der Waals surface area contributed by atoms with Crippen molar-refractivity contribution in [2.24, 2.45) is 0 Å². The van der Waals surface area contributed by atoms with Gasteiger partial charge in [0.2, 0.25) is 5.91 Å². The third-order valence-corrected chi connectivity index (χ3v) is 4.94. The van der Waals surface area contributed by atoms with E-state index in [2.05, 4.69) is 10.3 Å². The molecule has 1 aromatic carbocycles. The molecule has 0 saturated heterocycles. The number of anilines is 1. The van der Waals surface area contributed by atoms with Crippen LogP contribution in [0.25, 0.3) is 0 Å². The molecule has 154 valence electrons. The number of carbonyl (C=O) groups is 1. The standard InChI is InChI=1S/C19H18F3N3O3S/c1-10-7-14(19(20,21)22)13(9-23)18(24-10)29-11(2)17(26)25-15-8-12(27-3)5-6-16(15)28-4/h5-8,11H,1-4H3,(H,25,26). The molecule has 0 aliphatic rings. The zero-order valence-electron chi connectivity index (χ0n) is 16.0. The molecule has 2 rings (SSSR count). The fraction of sp³-hybridized carbons (Fsp3) is 0.316. The number of methoxy groups -OCH3 is 2. The minimum absolute atomic E-state index is 0.0981. The van der Waals surface area contributed by atoms with E-state index in [0.717, 1.165) is 17.8 Å². The first-order chi connectivity index (χ1) is 13.6. The molecule has 0 fully saturated rings. The second kappa shape index (κ2) is 9.05. The monoisotopic (exact) mass is 425 g/mol. The zero-order chi connectivity index (χ0) is 21.8. The van der Waals surface area contributed by atoms with Crippen molar-refractivity contribution in [3.8, 4) is 17.6 Å². The van der Waals surface area contributed by atoms with Crippen molar-refractivity contribution in [2.45, 2.75) is 30.3 Å². The van der Waals surface area contributed by atoms with Crippen LogP contribution in [0.15, 0.2) is 29.3 Å². The van der Waals surface area contributed by atoms with Crippen molar-refractivity contribution < 1.29 is 27.4 Å². The number of pyridine rings is 1. The number of carbonyl (C=O) groups excluding carboxylic acids is 1. The highest BCUT2D eigenvalue weighted by Crippen LogP contribution is 2.37. The van der Waals surface area contributed by atoms with Crippen LogP contribution in [-0.2, 0) is 11.0 Å². The largest absolute Gasteiger partial charge is 0.497 e. The molecule has 0 aliphatic carbocycles. The van der Waals surface area contributed by atoms with Crippen LogP contribution >= 0.6 is 11.8 Å². The smallest absolute Gasteiger partial charge is 0.417 e. The summed E-state index contributed by atoms with van der Waals surface area (Å²) < 4.78 is 50.0. The van der Waals surface area contributed by atoms with Gasteiger partial charge in [-0.3, -0.25) is 4.79 Å². The van der Waals surface area contributed by atoms with Gasteiger partial charge in [-0.15, -0.1) is 0 Å². The molecule has 0 bridgehead atoms. The maximum absolute atomic E-state index is 13.2. The normalized spacial score (nSPS) is 12.1. The number of nitriles is 1. The number of benzene rings is 1. The average Bonchev–Trinajstić information content (AvgIpc) is 2.66. The highest BCUT2D eigenvalue weighted by molar-refractivity contribution is 8.00. The van der Waals surface area contributed by atoms with Crippen molar-refractivity contribution in [2.75, 3.05) is 19.5 Å². The SMILES string of the molecule is COc1ccc(OC)c(NC(=O)C(C)Sc2nc(C)cc(C(F)(F)F)c2C#N)c1. The molecule has 1 heterocycles. The first kappa shape index (κ1) is 22.4. The van der Waals surface area contributed by atoms with Crippen molar-refractivity contribution in [1.29, 1.82) is 5.26 Å². The van der Waals surface area contributed by atoms with Crippen molar-refractivity contribution in [3.05, 3.63) is 41.1 Å². The summed E-state index contributed by atoms with van der Waals surface area (Å²) in [6.07, 6.45) is -4.70. The summed E-state index contributed by atoms with van der Waals surface area (Å²) >= 11 is 0.772. The van der Waals surface area contributed by atoms with Crippen LogP contribution in [0.2, 0.25) is 0 Å². The predicted octanol–water partition coefficient (Wildman–Crippen LogP) is 4.42. The van der Waals surface area contributed by atoms with Gasteiger partial charge in [0.15, 0.2) is 0 Å². The van der Waals surface area contributed by atoms with Crippen LogP contribution in [0.4, 0.5) is 18.9 Å². The number of nitrogens with one attached hydrogen (secondary N) is 1. The number of amides is 1. The Morgan fingerprint density at radius 3 is 2.52 bits per heavy atom. The molecule has 1 atom stereocenters. The number of rotatable bonds is 6. The number of thioether (sulfide) groups is 1. The minimum Gasteiger partial charge on any atom is -0.497 e. The van der Waals surface area contributed by atoms with Crippen molar-refractivity contribution >= 4 is 23.4 Å². The highest BCUT2D eigenvalue weighted by Gasteiger charge is 2.36. The number of halogens is 3. The zero-order valence-corrected chi connectivity index (χ0v) is 16.9. The molecule has 0 spiro atoms. The fourth-order valence-corrected chi connectivity index (χ4v) is 3.40. The Hall–Kier alpha value is -2.93. The highest BCUT2D eigenvalue weighted by atomic mass is 32.2. The van der Waals surface area contributed by atoms with Gasteiger partial charge in [-0.1, -0.05) is 11.8 Å². The fourth-order valence-electron chi connectivity index (χ4n) is 2.43. The van der Waals surface area contributed by atoms with Crippen LogP contribution in [0, 0.1) is 18.3 Å². The molecule has 10 heteroatoms. The first-order valence-corrected chi connectivity index (χ1v) is 9.17. The van der Waals surface area contributed by atoms with Gasteiger partial charge in [0.25, 0.3) is 0 Å². The van der Waals surface area contributed by atoms with Gasteiger partial charge < -0.3 is 14.8 Å². The molecule has 1 N–H and O–H groups in total. The predicted molar refractivity (Wildman–Crippen MR) is 102 cm³/mol. The lowest BCUT2D eigenvalue weighted by Gasteiger charge is -2.17. The molecule has 29 heavy (non-hydrogen) atoms. The van der Waals surface area contributed by atoms with Gasteiger partial charge in [-0.05, 0) is 32.0 Å². The lowest BCUT2D eigenvalue weighted by Crippen LogP contribution is -2.23. The lowest BCUT2D eigenvalue weighted by molar-refractivity contribution is -0.138. The Labute approximate surface area is 170 Å². The Kier molecular flexibility index (Phi) is 6.97. The number of nitrogens with zero attached hydrogens (tertiary/aromatic N) is 2. The maximum Gasteiger partial charge on any atom is 0.417 e. The second-order valence-corrected chi connectivity index (χ2v) is 7.25. The number of hydrogen-bond donors (Lipinski definition) is 1. The molecule has 6 nitrogen and oxygen atoms in total. The van der Waals surface area contributed by atoms with E-state index in [1.807, 2.05) is 0 Å². The first-order valence-electron chi connectivity index (χ1n) is 8.29. The van der Waals surface area contributed by atoms with E-state index >= 15 is 0 Å². The van der Waals surface area contributed by atoms with Crippen LogP contribution in [0.1, 0.15) is 23.7 Å². The van der Waals surface area contributed by atoms with Gasteiger partial charge in [0.05, 0.1) is 36.3 Å². The number of ether oxygens (including phenoxy) is 2. The summed E-state index contributed by atoms with van der Waals surface area (Å²) in [5.74, 6) is 0.382. The molecule has 0 radical (unpaired) electrons. The summed E-state index contributed by atoms with van der Waals surface area (Å²) in [6, 6.07) is 7.19. The molecular weight excluding hydrogens is 407 g/mol. The number of aryl methyl sites for hydroxylation is 1. The van der Waals surface area contributed by atoms with Crippen LogP contribution in [0.3, 0.4) is 0 Å². The minimum atomic E-state index is -4.70. The van der Waals surface area contributed by atoms with E-state index in [1.165, 1.54) is 28.1 Å². The molecule has 2 aromatic rings. The number of hydrogen-bond acceptors (Lipinski definition) is 6. The average molecular weight is 425 g/mol. The van der Waals surface area contributed by atoms with Gasteiger partial charge in [0, 0.05) is 11.8 Å². The van der Waals surface area contributed by atoms with Gasteiger partial charge in [0.1, 0.15) is 22.6 Å². The third kappa shape index (κ3) is 5.32. The molecular formula is C19H18F3N3O3S. The molecule has 0 aliphatic heterocycles. The van der Waals surface area contributed by atoms with Crippen LogP contribution in [-0.4, -0.2) is 30.4 Å². The Morgan fingerprint density at radius 2 is 1.97 bits per heavy atom. The molecule has 1 aromatic heterocycles. The Morgan fingerprint density at radius 1 is 1.28 bits per heavy atom. The summed E-state index contributed by atoms with van der Waals surface area (Å²) in [6.45, 7) is 2.90. The van der Waals surface area contributed by atoms with Gasteiger partial charge in [-0.2, -0.15) is 18.4 Å². The number of aromatic nitrogens is 1. The summed E-state index contributed by atoms with van der Waals surface area (Å²) in [7, 11) is 2.90. The number of alkyl halides is 3. The second-order valence-electron chi connectivity index (χ2n) is 5.92. The lowest BCUT2D eigenvalue weighted by atomic mass is 10.1. The Balaban J connectivity index is 2.29. The summed E-state index contributed by atoms with van der Waals surface area (Å²) in [4.78, 5) is 16.6. The topological polar surface area (TPSA) is 84.2 Å². The van der Waals surface area contributed by atoms with E-state index in [0.29, 0.717) is 17.2 Å². The molecule has 1 unspecified atom stereocenters. The van der Waals surface area contributed by atoms with E-state index in [9.17, 15) is 23.2 Å². The Bertz CT molecular complexity index is 958. The van der Waals surface area contributed by atoms with Gasteiger partial charge in [-0.25, -0.2) is 4.98 Å². The summed E-state index contributed by atoms with van der Waals surface area (Å²) in [5.41, 5.74) is -1.23. The van der Waals surface area contributed by atoms with Crippen molar-refractivity contribution in [3.63, 3.8) is 0 Å². The third-order valence-electron chi connectivity index (χ3n) is 3.85. The van der Waals surface area contributed by atoms with Crippen molar-refractivity contribution in [1.82, 2.24) is 4.98 Å². The van der Waals surface area contributed by atoms with E-state index < -0.39 is 28.5 Å². The molecule has 0 saturated carbocycles. The molecule has 1 amide bonds. The maximum atomic E-state index is 13.2. The van der Waals surface area contributed by atoms with E-state index in [4.69, 9.17) is 9.47 Å². The van der Waals surface area contributed by atoms with E-state index in [1.54, 1.807) is 24.3 Å². The quantitative estimate of drug-likeness (QED) is 0.690. The van der Waals surface area contributed by atoms with E-state index in [-0.39, 0.29) is 10.7 Å². The summed E-state index contributed by atoms with van der Waals surface area (Å²) in [5, 5.41) is 10.9. The van der Waals surface area contributed by atoms with Crippen LogP contribution in [0.5, 0.6) is 11.5 Å². The van der Waals surface area contributed by atoms with Gasteiger partial charge >= 0.3 is 6.18 Å².